The second-order valence-electron chi connectivity index (χ2n) is 4.44. The Kier molecular flexibility index (Phi) is 5.46. The number of sulfonamides is 1. The van der Waals surface area contributed by atoms with Gasteiger partial charge < -0.3 is 10.4 Å². The molecule has 0 aliphatic heterocycles. The van der Waals surface area contributed by atoms with Gasteiger partial charge in [-0.1, -0.05) is 13.3 Å². The average Bonchev–Trinajstić information content (AvgIpc) is 2.33. The monoisotopic (exact) mass is 304 g/mol. The Bertz CT molecular complexity index is 589. The van der Waals surface area contributed by atoms with Gasteiger partial charge in [0.05, 0.1) is 10.6 Å². The van der Waals surface area contributed by atoms with Crippen LogP contribution < -0.4 is 10.5 Å². The summed E-state index contributed by atoms with van der Waals surface area (Å²) in [6, 6.07) is 3.29. The van der Waals surface area contributed by atoms with Gasteiger partial charge in [-0.25, -0.2) is 17.9 Å². The predicted octanol–water partition coefficient (Wildman–Crippen LogP) is 1.39. The van der Waals surface area contributed by atoms with Crippen molar-refractivity contribution < 1.29 is 22.7 Å². The second-order valence-corrected chi connectivity index (χ2v) is 6.00. The molecule has 1 unspecified atom stereocenters. The summed E-state index contributed by atoms with van der Waals surface area (Å²) < 4.78 is 35.8. The normalized spacial score (nSPS) is 12.9. The predicted molar refractivity (Wildman–Crippen MR) is 72.3 cm³/mol. The molecule has 0 radical (unpaired) electrons. The van der Waals surface area contributed by atoms with E-state index in [0.717, 1.165) is 6.07 Å². The lowest BCUT2D eigenvalue weighted by Crippen LogP contribution is -2.18. The van der Waals surface area contributed by atoms with Crippen molar-refractivity contribution in [2.24, 2.45) is 11.1 Å². The van der Waals surface area contributed by atoms with Gasteiger partial charge in [-0.3, -0.25) is 4.79 Å². The molecule has 4 N–H and O–H groups in total. The van der Waals surface area contributed by atoms with Crippen LogP contribution in [0.2, 0.25) is 0 Å². The van der Waals surface area contributed by atoms with Crippen molar-refractivity contribution in [2.45, 2.75) is 24.7 Å². The van der Waals surface area contributed by atoms with Crippen molar-refractivity contribution in [3.63, 3.8) is 0 Å². The molecule has 20 heavy (non-hydrogen) atoms. The Labute approximate surface area is 116 Å². The fourth-order valence-electron chi connectivity index (χ4n) is 1.68. The summed E-state index contributed by atoms with van der Waals surface area (Å²) in [6.45, 7) is 2.13. The summed E-state index contributed by atoms with van der Waals surface area (Å²) in [5.74, 6) is -1.80. The molecule has 1 aromatic carbocycles. The number of hydrogen-bond donors (Lipinski definition) is 3. The van der Waals surface area contributed by atoms with Gasteiger partial charge in [-0.05, 0) is 24.1 Å². The van der Waals surface area contributed by atoms with E-state index < -0.39 is 21.8 Å². The number of hydrogen-bond acceptors (Lipinski definition) is 4. The molecule has 1 atom stereocenters. The molecule has 0 amide bonds. The first-order valence-electron chi connectivity index (χ1n) is 6.02. The van der Waals surface area contributed by atoms with Gasteiger partial charge in [0.25, 0.3) is 0 Å². The van der Waals surface area contributed by atoms with Crippen LogP contribution in [0.4, 0.5) is 10.1 Å². The second kappa shape index (κ2) is 6.67. The summed E-state index contributed by atoms with van der Waals surface area (Å²) in [4.78, 5) is 10.3. The van der Waals surface area contributed by atoms with Crippen LogP contribution in [0.5, 0.6) is 0 Å². The van der Waals surface area contributed by atoms with Gasteiger partial charge in [0.1, 0.15) is 5.82 Å². The molecular weight excluding hydrogens is 287 g/mol. The smallest absolute Gasteiger partial charge is 0.303 e. The maximum Gasteiger partial charge on any atom is 0.303 e. The molecule has 112 valence electrons. The van der Waals surface area contributed by atoms with Crippen LogP contribution in [0.1, 0.15) is 19.8 Å². The summed E-state index contributed by atoms with van der Waals surface area (Å²) in [5.41, 5.74) is 0.112. The molecule has 6 nitrogen and oxygen atoms in total. The zero-order chi connectivity index (χ0) is 15.3. The Morgan fingerprint density at radius 2 is 2.15 bits per heavy atom. The van der Waals surface area contributed by atoms with Gasteiger partial charge in [0, 0.05) is 13.0 Å². The first-order valence-corrected chi connectivity index (χ1v) is 7.56. The van der Waals surface area contributed by atoms with Gasteiger partial charge >= 0.3 is 5.97 Å². The standard InChI is InChI=1S/C12H17FN2O4S/c1-2-8(5-12(16)17)7-15-11-4-3-9(6-10(11)13)20(14,18)19/h3-4,6,8,15H,2,5,7H2,1H3,(H,16,17)(H2,14,18,19). The van der Waals surface area contributed by atoms with Crippen molar-refractivity contribution in [2.75, 3.05) is 11.9 Å². The van der Waals surface area contributed by atoms with E-state index in [4.69, 9.17) is 10.2 Å². The fraction of sp³-hybridized carbons (Fsp3) is 0.417. The van der Waals surface area contributed by atoms with Gasteiger partial charge in [-0.2, -0.15) is 0 Å². The molecule has 0 heterocycles. The minimum absolute atomic E-state index is 0.0135. The number of anilines is 1. The lowest BCUT2D eigenvalue weighted by molar-refractivity contribution is -0.138. The summed E-state index contributed by atoms with van der Waals surface area (Å²) in [6.07, 6.45) is 0.622. The van der Waals surface area contributed by atoms with E-state index in [9.17, 15) is 17.6 Å². The highest BCUT2D eigenvalue weighted by Crippen LogP contribution is 2.19. The van der Waals surface area contributed by atoms with Crippen LogP contribution in [0.25, 0.3) is 0 Å². The van der Waals surface area contributed by atoms with Crippen molar-refractivity contribution in [1.29, 1.82) is 0 Å². The Morgan fingerprint density at radius 1 is 1.50 bits per heavy atom. The molecule has 0 fully saturated rings. The molecule has 0 aromatic heterocycles. The Morgan fingerprint density at radius 3 is 2.60 bits per heavy atom. The number of aliphatic carboxylic acids is 1. The molecule has 0 aliphatic rings. The molecule has 0 spiro atoms. The zero-order valence-corrected chi connectivity index (χ0v) is 11.8. The number of rotatable bonds is 7. The zero-order valence-electron chi connectivity index (χ0n) is 11.0. The first kappa shape index (κ1) is 16.4. The highest BCUT2D eigenvalue weighted by molar-refractivity contribution is 7.89. The van der Waals surface area contributed by atoms with Crippen molar-refractivity contribution >= 4 is 21.7 Å². The van der Waals surface area contributed by atoms with Crippen molar-refractivity contribution in [3.8, 4) is 0 Å². The third-order valence-corrected chi connectivity index (χ3v) is 3.80. The van der Waals surface area contributed by atoms with Crippen LogP contribution >= 0.6 is 0 Å². The summed E-state index contributed by atoms with van der Waals surface area (Å²) >= 11 is 0. The van der Waals surface area contributed by atoms with E-state index in [1.54, 1.807) is 0 Å². The maximum atomic E-state index is 13.7. The van der Waals surface area contributed by atoms with E-state index >= 15 is 0 Å². The van der Waals surface area contributed by atoms with Crippen LogP contribution in [0.15, 0.2) is 23.1 Å². The van der Waals surface area contributed by atoms with Crippen molar-refractivity contribution in [3.05, 3.63) is 24.0 Å². The lowest BCUT2D eigenvalue weighted by Gasteiger charge is -2.15. The van der Waals surface area contributed by atoms with E-state index in [-0.39, 0.29) is 29.5 Å². The van der Waals surface area contributed by atoms with E-state index in [1.165, 1.54) is 12.1 Å². The molecular formula is C12H17FN2O4S. The number of carbonyl (C=O) groups is 1. The molecule has 0 saturated carbocycles. The number of carboxylic acids is 1. The quantitative estimate of drug-likeness (QED) is 0.705. The molecule has 1 aromatic rings. The van der Waals surface area contributed by atoms with Crippen LogP contribution in [-0.4, -0.2) is 26.0 Å². The lowest BCUT2D eigenvalue weighted by atomic mass is 10.0. The molecule has 8 heteroatoms. The fourth-order valence-corrected chi connectivity index (χ4v) is 2.20. The average molecular weight is 304 g/mol. The molecule has 0 bridgehead atoms. The Hall–Kier alpha value is -1.67. The SMILES string of the molecule is CCC(CNc1ccc(S(N)(=O)=O)cc1F)CC(=O)O. The number of nitrogens with two attached hydrogens (primary N) is 1. The van der Waals surface area contributed by atoms with Gasteiger partial charge in [0.15, 0.2) is 0 Å². The van der Waals surface area contributed by atoms with Crippen LogP contribution in [0, 0.1) is 11.7 Å². The maximum absolute atomic E-state index is 13.7. The number of halogens is 1. The third-order valence-electron chi connectivity index (χ3n) is 2.89. The van der Waals surface area contributed by atoms with E-state index in [0.29, 0.717) is 6.42 Å². The molecule has 0 saturated heterocycles. The number of benzene rings is 1. The minimum Gasteiger partial charge on any atom is -0.481 e. The van der Waals surface area contributed by atoms with E-state index in [1.807, 2.05) is 6.92 Å². The molecule has 0 aliphatic carbocycles. The number of primary sulfonamides is 1. The highest BCUT2D eigenvalue weighted by Gasteiger charge is 2.14. The van der Waals surface area contributed by atoms with Crippen LogP contribution in [-0.2, 0) is 14.8 Å². The summed E-state index contributed by atoms with van der Waals surface area (Å²) in [7, 11) is -3.94. The van der Waals surface area contributed by atoms with E-state index in [2.05, 4.69) is 5.32 Å². The van der Waals surface area contributed by atoms with Gasteiger partial charge in [-0.15, -0.1) is 0 Å². The van der Waals surface area contributed by atoms with Gasteiger partial charge in [0.2, 0.25) is 10.0 Å². The minimum atomic E-state index is -3.94. The molecule has 1 rings (SSSR count). The summed E-state index contributed by atoms with van der Waals surface area (Å²) in [5, 5.41) is 16.4. The van der Waals surface area contributed by atoms with Crippen LogP contribution in [0.3, 0.4) is 0 Å². The largest absolute Gasteiger partial charge is 0.481 e. The number of nitrogens with one attached hydrogen (secondary N) is 1. The third kappa shape index (κ3) is 4.78. The Balaban J connectivity index is 2.76. The number of carboxylic acid groups (broad SMARTS) is 1. The first-order chi connectivity index (χ1) is 9.24. The van der Waals surface area contributed by atoms with Crippen molar-refractivity contribution in [1.82, 2.24) is 0 Å². The topological polar surface area (TPSA) is 109 Å². The highest BCUT2D eigenvalue weighted by atomic mass is 32.2.